The molecule has 1 aliphatic rings. The Labute approximate surface area is 145 Å². The highest BCUT2D eigenvalue weighted by atomic mass is 16.5. The van der Waals surface area contributed by atoms with E-state index >= 15 is 0 Å². The summed E-state index contributed by atoms with van der Waals surface area (Å²) in [5.41, 5.74) is 3.82. The number of carbonyl (C=O) groups excluding carboxylic acids is 1. The predicted molar refractivity (Wildman–Crippen MR) is 94.6 cm³/mol. The molecule has 4 rings (SSSR count). The van der Waals surface area contributed by atoms with Crippen molar-refractivity contribution in [3.8, 4) is 0 Å². The quantitative estimate of drug-likeness (QED) is 0.793. The molecule has 6 heteroatoms. The van der Waals surface area contributed by atoms with Crippen LogP contribution in [-0.4, -0.2) is 22.6 Å². The summed E-state index contributed by atoms with van der Waals surface area (Å²) in [4.78, 5) is 18.8. The summed E-state index contributed by atoms with van der Waals surface area (Å²) in [5, 5.41) is 6.96. The SMILES string of the molecule is Cc1noc(CNc2ccc(C(=O)N3CCc4ccccc43)cc2)n1. The summed E-state index contributed by atoms with van der Waals surface area (Å²) in [7, 11) is 0. The van der Waals surface area contributed by atoms with E-state index in [-0.39, 0.29) is 5.91 Å². The van der Waals surface area contributed by atoms with Gasteiger partial charge in [0.2, 0.25) is 5.89 Å². The zero-order chi connectivity index (χ0) is 17.2. The van der Waals surface area contributed by atoms with Gasteiger partial charge in [-0.1, -0.05) is 23.4 Å². The molecule has 0 bridgehead atoms. The number of hydrogen-bond donors (Lipinski definition) is 1. The molecule has 126 valence electrons. The summed E-state index contributed by atoms with van der Waals surface area (Å²) in [6.07, 6.45) is 0.908. The van der Waals surface area contributed by atoms with Crippen LogP contribution in [0, 0.1) is 6.92 Å². The van der Waals surface area contributed by atoms with Crippen LogP contribution in [0.4, 0.5) is 11.4 Å². The Bertz CT molecular complexity index is 902. The molecule has 1 aromatic heterocycles. The zero-order valence-corrected chi connectivity index (χ0v) is 13.9. The number of nitrogens with zero attached hydrogens (tertiary/aromatic N) is 3. The van der Waals surface area contributed by atoms with Gasteiger partial charge in [0.25, 0.3) is 5.91 Å². The monoisotopic (exact) mass is 334 g/mol. The molecule has 0 aliphatic carbocycles. The fourth-order valence-corrected chi connectivity index (χ4v) is 3.03. The number of fused-ring (bicyclic) bond motifs is 1. The number of benzene rings is 2. The summed E-state index contributed by atoms with van der Waals surface area (Å²) in [6, 6.07) is 15.5. The van der Waals surface area contributed by atoms with E-state index in [4.69, 9.17) is 4.52 Å². The van der Waals surface area contributed by atoms with E-state index in [9.17, 15) is 4.79 Å². The minimum absolute atomic E-state index is 0.0315. The maximum atomic E-state index is 12.8. The molecule has 0 saturated carbocycles. The molecule has 25 heavy (non-hydrogen) atoms. The van der Waals surface area contributed by atoms with Gasteiger partial charge in [-0.25, -0.2) is 0 Å². The highest BCUT2D eigenvalue weighted by molar-refractivity contribution is 6.07. The lowest BCUT2D eigenvalue weighted by atomic mass is 10.1. The number of hydrogen-bond acceptors (Lipinski definition) is 5. The number of aromatic nitrogens is 2. The predicted octanol–water partition coefficient (Wildman–Crippen LogP) is 3.19. The second kappa shape index (κ2) is 6.39. The topological polar surface area (TPSA) is 71.3 Å². The van der Waals surface area contributed by atoms with E-state index in [1.165, 1.54) is 5.56 Å². The van der Waals surface area contributed by atoms with Gasteiger partial charge < -0.3 is 14.7 Å². The molecule has 0 unspecified atom stereocenters. The van der Waals surface area contributed by atoms with Gasteiger partial charge in [-0.2, -0.15) is 4.98 Å². The minimum Gasteiger partial charge on any atom is -0.376 e. The summed E-state index contributed by atoms with van der Waals surface area (Å²) in [5.74, 6) is 1.18. The van der Waals surface area contributed by atoms with Crippen LogP contribution < -0.4 is 10.2 Å². The molecule has 2 aromatic carbocycles. The lowest BCUT2D eigenvalue weighted by Crippen LogP contribution is -2.28. The van der Waals surface area contributed by atoms with E-state index in [1.54, 1.807) is 6.92 Å². The lowest BCUT2D eigenvalue weighted by molar-refractivity contribution is 0.0989. The largest absolute Gasteiger partial charge is 0.376 e. The third kappa shape index (κ3) is 3.10. The van der Waals surface area contributed by atoms with Gasteiger partial charge in [-0.15, -0.1) is 0 Å². The molecule has 1 amide bonds. The molecule has 0 spiro atoms. The number of aryl methyl sites for hydroxylation is 1. The zero-order valence-electron chi connectivity index (χ0n) is 13.9. The average molecular weight is 334 g/mol. The van der Waals surface area contributed by atoms with Gasteiger partial charge in [0.1, 0.15) is 0 Å². The van der Waals surface area contributed by atoms with Crippen molar-refractivity contribution in [2.24, 2.45) is 0 Å². The van der Waals surface area contributed by atoms with Crippen molar-refractivity contribution in [3.05, 3.63) is 71.4 Å². The number of amides is 1. The van der Waals surface area contributed by atoms with Crippen molar-refractivity contribution in [1.29, 1.82) is 0 Å². The number of para-hydroxylation sites is 1. The molecule has 0 atom stereocenters. The Balaban J connectivity index is 1.44. The Kier molecular flexibility index (Phi) is 3.93. The smallest absolute Gasteiger partial charge is 0.258 e. The first kappa shape index (κ1) is 15.4. The highest BCUT2D eigenvalue weighted by Gasteiger charge is 2.24. The van der Waals surface area contributed by atoms with Crippen molar-refractivity contribution in [2.75, 3.05) is 16.8 Å². The van der Waals surface area contributed by atoms with Crippen molar-refractivity contribution in [1.82, 2.24) is 10.1 Å². The Morgan fingerprint density at radius 3 is 2.76 bits per heavy atom. The normalized spacial score (nSPS) is 12.9. The summed E-state index contributed by atoms with van der Waals surface area (Å²) < 4.78 is 5.06. The molecule has 6 nitrogen and oxygen atoms in total. The Morgan fingerprint density at radius 2 is 2.00 bits per heavy atom. The molecule has 0 radical (unpaired) electrons. The van der Waals surface area contributed by atoms with Gasteiger partial charge >= 0.3 is 0 Å². The molecule has 1 N–H and O–H groups in total. The molecule has 2 heterocycles. The van der Waals surface area contributed by atoms with Crippen molar-refractivity contribution >= 4 is 17.3 Å². The number of carbonyl (C=O) groups is 1. The average Bonchev–Trinajstić information content (AvgIpc) is 3.26. The van der Waals surface area contributed by atoms with Gasteiger partial charge in [0.05, 0.1) is 6.54 Å². The Morgan fingerprint density at radius 1 is 1.20 bits per heavy atom. The fourth-order valence-electron chi connectivity index (χ4n) is 3.03. The third-order valence-corrected chi connectivity index (χ3v) is 4.28. The van der Waals surface area contributed by atoms with E-state index in [0.717, 1.165) is 24.3 Å². The summed E-state index contributed by atoms with van der Waals surface area (Å²) in [6.45, 7) is 2.96. The lowest BCUT2D eigenvalue weighted by Gasteiger charge is -2.17. The van der Waals surface area contributed by atoms with Gasteiger partial charge in [-0.3, -0.25) is 4.79 Å². The fraction of sp³-hybridized carbons (Fsp3) is 0.211. The third-order valence-electron chi connectivity index (χ3n) is 4.28. The van der Waals surface area contributed by atoms with E-state index in [0.29, 0.717) is 23.8 Å². The van der Waals surface area contributed by atoms with Crippen LogP contribution in [0.15, 0.2) is 53.1 Å². The first-order valence-electron chi connectivity index (χ1n) is 8.23. The standard InChI is InChI=1S/C19H18N4O2/c1-13-21-18(25-22-13)12-20-16-8-6-15(7-9-16)19(24)23-11-10-14-4-2-3-5-17(14)23/h2-9,20H,10-12H2,1H3. The molecule has 3 aromatic rings. The molecular weight excluding hydrogens is 316 g/mol. The van der Waals surface area contributed by atoms with Crippen LogP contribution in [0.1, 0.15) is 27.6 Å². The Hall–Kier alpha value is -3.15. The van der Waals surface area contributed by atoms with E-state index < -0.39 is 0 Å². The number of anilines is 2. The maximum absolute atomic E-state index is 12.8. The van der Waals surface area contributed by atoms with Gasteiger partial charge in [0, 0.05) is 23.5 Å². The number of rotatable bonds is 4. The summed E-state index contributed by atoms with van der Waals surface area (Å²) >= 11 is 0. The molecule has 0 fully saturated rings. The second-order valence-electron chi connectivity index (χ2n) is 6.00. The van der Waals surface area contributed by atoms with Crippen molar-refractivity contribution in [2.45, 2.75) is 19.9 Å². The first-order chi connectivity index (χ1) is 12.2. The van der Waals surface area contributed by atoms with Crippen LogP contribution in [0.2, 0.25) is 0 Å². The van der Waals surface area contributed by atoms with Crippen molar-refractivity contribution in [3.63, 3.8) is 0 Å². The molecule has 1 aliphatic heterocycles. The maximum Gasteiger partial charge on any atom is 0.258 e. The van der Waals surface area contributed by atoms with E-state index in [1.807, 2.05) is 47.4 Å². The molecule has 0 saturated heterocycles. The van der Waals surface area contributed by atoms with E-state index in [2.05, 4.69) is 21.5 Å². The van der Waals surface area contributed by atoms with Crippen LogP contribution in [0.5, 0.6) is 0 Å². The minimum atomic E-state index is 0.0315. The van der Waals surface area contributed by atoms with Gasteiger partial charge in [-0.05, 0) is 49.2 Å². The van der Waals surface area contributed by atoms with Crippen LogP contribution in [0.3, 0.4) is 0 Å². The second-order valence-corrected chi connectivity index (χ2v) is 6.00. The van der Waals surface area contributed by atoms with Crippen LogP contribution in [0.25, 0.3) is 0 Å². The highest BCUT2D eigenvalue weighted by Crippen LogP contribution is 2.29. The van der Waals surface area contributed by atoms with Crippen LogP contribution >= 0.6 is 0 Å². The number of nitrogens with one attached hydrogen (secondary N) is 1. The first-order valence-corrected chi connectivity index (χ1v) is 8.23. The van der Waals surface area contributed by atoms with Crippen molar-refractivity contribution < 1.29 is 9.32 Å². The molecular formula is C19H18N4O2. The van der Waals surface area contributed by atoms with Gasteiger partial charge in [0.15, 0.2) is 5.82 Å². The van der Waals surface area contributed by atoms with Crippen LogP contribution in [-0.2, 0) is 13.0 Å².